The van der Waals surface area contributed by atoms with Crippen molar-refractivity contribution < 1.29 is 13.2 Å². The zero-order valence-corrected chi connectivity index (χ0v) is 18.5. The molecule has 2 aromatic heterocycles. The van der Waals surface area contributed by atoms with E-state index in [1.54, 1.807) is 43.5 Å². The molecule has 0 spiro atoms. The highest BCUT2D eigenvalue weighted by atomic mass is 35.5. The van der Waals surface area contributed by atoms with Gasteiger partial charge in [0.1, 0.15) is 11.6 Å². The van der Waals surface area contributed by atoms with E-state index in [2.05, 4.69) is 20.1 Å². The number of aromatic nitrogens is 3. The topological polar surface area (TPSA) is 123 Å². The summed E-state index contributed by atoms with van der Waals surface area (Å²) in [6, 6.07) is 9.64. The van der Waals surface area contributed by atoms with Crippen molar-refractivity contribution in [2.24, 2.45) is 0 Å². The molecule has 0 bridgehead atoms. The van der Waals surface area contributed by atoms with E-state index in [1.165, 1.54) is 6.07 Å². The van der Waals surface area contributed by atoms with Crippen molar-refractivity contribution in [1.29, 1.82) is 0 Å². The van der Waals surface area contributed by atoms with Crippen molar-refractivity contribution in [2.45, 2.75) is 24.9 Å². The molecule has 12 heteroatoms. The molecule has 9 nitrogen and oxygen atoms in total. The Hall–Kier alpha value is -2.79. The number of hydrogen-bond acceptors (Lipinski definition) is 6. The van der Waals surface area contributed by atoms with Gasteiger partial charge >= 0.3 is 0 Å². The molecule has 0 radical (unpaired) electrons. The number of nitrogens with zero attached hydrogens (tertiary/aromatic N) is 3. The smallest absolute Gasteiger partial charge is 0.287 e. The number of carbonyl (C=O) groups is 1. The lowest BCUT2D eigenvalue weighted by Crippen LogP contribution is -2.30. The highest BCUT2D eigenvalue weighted by molar-refractivity contribution is 7.89. The molecule has 162 valence electrons. The first kappa shape index (κ1) is 22.9. The van der Waals surface area contributed by atoms with Crippen LogP contribution in [0, 0.1) is 6.92 Å². The molecule has 0 aliphatic rings. The number of aryl methyl sites for hydroxylation is 1. The molecule has 3 rings (SSSR count). The Bertz CT molecular complexity index is 1280. The minimum absolute atomic E-state index is 0.00561. The summed E-state index contributed by atoms with van der Waals surface area (Å²) in [6.45, 7) is 1.23. The molecular weight excluding hydrogens is 465 g/mol. The van der Waals surface area contributed by atoms with Gasteiger partial charge < -0.3 is 5.32 Å². The van der Waals surface area contributed by atoms with Gasteiger partial charge in [0.15, 0.2) is 0 Å². The Balaban J connectivity index is 1.75. The van der Waals surface area contributed by atoms with E-state index in [4.69, 9.17) is 23.2 Å². The van der Waals surface area contributed by atoms with E-state index in [1.807, 2.05) is 0 Å². The number of rotatable bonds is 7. The number of hydrogen-bond donors (Lipinski definition) is 2. The molecule has 0 saturated carbocycles. The second kappa shape index (κ2) is 9.56. The third-order valence-corrected chi connectivity index (χ3v) is 6.46. The maximum Gasteiger partial charge on any atom is 0.287 e. The van der Waals surface area contributed by atoms with Gasteiger partial charge in [0, 0.05) is 11.9 Å². The van der Waals surface area contributed by atoms with Crippen molar-refractivity contribution in [3.63, 3.8) is 0 Å². The molecule has 31 heavy (non-hydrogen) atoms. The van der Waals surface area contributed by atoms with E-state index in [-0.39, 0.29) is 27.2 Å². The van der Waals surface area contributed by atoms with Gasteiger partial charge in [-0.15, -0.1) is 0 Å². The normalized spacial score (nSPS) is 11.3. The molecule has 1 amide bonds. The number of sulfonamides is 1. The van der Waals surface area contributed by atoms with Gasteiger partial charge in [-0.25, -0.2) is 17.8 Å². The number of halogens is 2. The Morgan fingerprint density at radius 1 is 1.19 bits per heavy atom. The first-order chi connectivity index (χ1) is 14.7. The van der Waals surface area contributed by atoms with Crippen LogP contribution in [0.1, 0.15) is 11.3 Å². The Kier molecular flexibility index (Phi) is 7.06. The van der Waals surface area contributed by atoms with Crippen LogP contribution in [0.3, 0.4) is 0 Å². The van der Waals surface area contributed by atoms with Crippen LogP contribution in [0.4, 0.5) is 5.69 Å². The zero-order chi connectivity index (χ0) is 22.6. The number of pyridine rings is 1. The predicted molar refractivity (Wildman–Crippen MR) is 117 cm³/mol. The van der Waals surface area contributed by atoms with Gasteiger partial charge in [-0.1, -0.05) is 35.3 Å². The molecule has 0 saturated heterocycles. The molecule has 0 aliphatic heterocycles. The SMILES string of the molecule is Cc1ccc(NC(=O)Cn2ncc(Cl)c(Cl)c2=O)cc1S(=O)(=O)NCc1ccccn1. The third-order valence-electron chi connectivity index (χ3n) is 4.17. The quantitative estimate of drug-likeness (QED) is 0.533. The van der Waals surface area contributed by atoms with Crippen LogP contribution >= 0.6 is 23.2 Å². The van der Waals surface area contributed by atoms with Gasteiger partial charge in [0.05, 0.1) is 28.4 Å². The molecule has 0 atom stereocenters. The summed E-state index contributed by atoms with van der Waals surface area (Å²) < 4.78 is 28.8. The molecule has 2 heterocycles. The van der Waals surface area contributed by atoms with Crippen LogP contribution in [0.25, 0.3) is 0 Å². The predicted octanol–water partition coefficient (Wildman–Crippen LogP) is 2.37. The Morgan fingerprint density at radius 2 is 1.97 bits per heavy atom. The maximum atomic E-state index is 12.7. The number of anilines is 1. The number of carbonyl (C=O) groups excluding carboxylic acids is 1. The van der Waals surface area contributed by atoms with Crippen LogP contribution < -0.4 is 15.6 Å². The number of nitrogens with one attached hydrogen (secondary N) is 2. The minimum Gasteiger partial charge on any atom is -0.324 e. The van der Waals surface area contributed by atoms with Crippen LogP contribution in [-0.4, -0.2) is 29.1 Å². The van der Waals surface area contributed by atoms with Crippen molar-refractivity contribution in [1.82, 2.24) is 19.5 Å². The average Bonchev–Trinajstić information content (AvgIpc) is 2.75. The van der Waals surface area contributed by atoms with E-state index in [0.717, 1.165) is 10.9 Å². The first-order valence-electron chi connectivity index (χ1n) is 8.88. The molecule has 1 aromatic carbocycles. The van der Waals surface area contributed by atoms with E-state index >= 15 is 0 Å². The highest BCUT2D eigenvalue weighted by Gasteiger charge is 2.18. The largest absolute Gasteiger partial charge is 0.324 e. The van der Waals surface area contributed by atoms with Crippen LogP contribution in [0.15, 0.2) is 58.5 Å². The molecule has 2 N–H and O–H groups in total. The fourth-order valence-electron chi connectivity index (χ4n) is 2.61. The van der Waals surface area contributed by atoms with Crippen molar-refractivity contribution >= 4 is 44.8 Å². The molecule has 3 aromatic rings. The van der Waals surface area contributed by atoms with Gasteiger partial charge in [-0.3, -0.25) is 14.6 Å². The van der Waals surface area contributed by atoms with Gasteiger partial charge in [-0.2, -0.15) is 5.10 Å². The fourth-order valence-corrected chi connectivity index (χ4v) is 4.15. The second-order valence-corrected chi connectivity index (χ2v) is 8.96. The van der Waals surface area contributed by atoms with E-state index in [0.29, 0.717) is 11.3 Å². The lowest BCUT2D eigenvalue weighted by atomic mass is 10.2. The first-order valence-corrected chi connectivity index (χ1v) is 11.1. The van der Waals surface area contributed by atoms with Crippen LogP contribution in [-0.2, 0) is 27.9 Å². The zero-order valence-electron chi connectivity index (χ0n) is 16.2. The average molecular weight is 482 g/mol. The molecule has 0 unspecified atom stereocenters. The van der Waals surface area contributed by atoms with E-state index < -0.39 is 28.0 Å². The Labute approximate surface area is 188 Å². The van der Waals surface area contributed by atoms with Crippen molar-refractivity contribution in [3.05, 3.63) is 80.4 Å². The Morgan fingerprint density at radius 3 is 2.68 bits per heavy atom. The third kappa shape index (κ3) is 5.67. The fraction of sp³-hybridized carbons (Fsp3) is 0.158. The summed E-state index contributed by atoms with van der Waals surface area (Å²) in [6.07, 6.45) is 2.72. The molecule has 0 fully saturated rings. The number of amides is 1. The summed E-state index contributed by atoms with van der Waals surface area (Å²) in [4.78, 5) is 28.4. The highest BCUT2D eigenvalue weighted by Crippen LogP contribution is 2.20. The summed E-state index contributed by atoms with van der Waals surface area (Å²) in [5.41, 5.74) is 0.582. The lowest BCUT2D eigenvalue weighted by molar-refractivity contribution is -0.117. The minimum atomic E-state index is -3.86. The maximum absolute atomic E-state index is 12.7. The van der Waals surface area contributed by atoms with Gasteiger partial charge in [0.25, 0.3) is 5.56 Å². The summed E-state index contributed by atoms with van der Waals surface area (Å²) in [5.74, 6) is -0.596. The summed E-state index contributed by atoms with van der Waals surface area (Å²) >= 11 is 11.5. The van der Waals surface area contributed by atoms with Crippen LogP contribution in [0.5, 0.6) is 0 Å². The van der Waals surface area contributed by atoms with Crippen molar-refractivity contribution in [2.75, 3.05) is 5.32 Å². The standard InChI is InChI=1S/C19H17Cl2N5O4S/c1-12-5-6-13(25-17(27)11-26-19(28)18(21)15(20)10-23-26)8-16(12)31(29,30)24-9-14-4-2-3-7-22-14/h2-8,10,24H,9,11H2,1H3,(H,25,27). The van der Waals surface area contributed by atoms with Crippen LogP contribution in [0.2, 0.25) is 10.0 Å². The van der Waals surface area contributed by atoms with Crippen molar-refractivity contribution in [3.8, 4) is 0 Å². The molecule has 0 aliphatic carbocycles. The lowest BCUT2D eigenvalue weighted by Gasteiger charge is -2.12. The molecular formula is C19H17Cl2N5O4S. The second-order valence-electron chi connectivity index (χ2n) is 6.44. The van der Waals surface area contributed by atoms with Gasteiger partial charge in [0.2, 0.25) is 15.9 Å². The van der Waals surface area contributed by atoms with E-state index in [9.17, 15) is 18.0 Å². The van der Waals surface area contributed by atoms with Gasteiger partial charge in [-0.05, 0) is 36.8 Å². The number of benzene rings is 1. The summed E-state index contributed by atoms with van der Waals surface area (Å²) in [5, 5.41) is 6.04. The summed E-state index contributed by atoms with van der Waals surface area (Å²) in [7, 11) is -3.86. The monoisotopic (exact) mass is 481 g/mol.